The molecule has 0 bridgehead atoms. The summed E-state index contributed by atoms with van der Waals surface area (Å²) in [4.78, 5) is 2.73. The molecule has 3 unspecified atom stereocenters. The van der Waals surface area contributed by atoms with Crippen molar-refractivity contribution >= 4 is 0 Å². The molecule has 1 heterocycles. The van der Waals surface area contributed by atoms with Crippen LogP contribution in [-0.2, 0) is 0 Å². The summed E-state index contributed by atoms with van der Waals surface area (Å²) in [7, 11) is 0. The van der Waals surface area contributed by atoms with Gasteiger partial charge in [0.1, 0.15) is 0 Å². The predicted octanol–water partition coefficient (Wildman–Crippen LogP) is 3.03. The summed E-state index contributed by atoms with van der Waals surface area (Å²) in [5.41, 5.74) is 0. The Morgan fingerprint density at radius 2 is 1.50 bits per heavy atom. The highest BCUT2D eigenvalue weighted by Crippen LogP contribution is 2.31. The van der Waals surface area contributed by atoms with Gasteiger partial charge >= 0.3 is 0 Å². The molecule has 2 saturated carbocycles. The van der Waals surface area contributed by atoms with Gasteiger partial charge in [0.25, 0.3) is 0 Å². The summed E-state index contributed by atoms with van der Waals surface area (Å²) in [6.45, 7) is 7.56. The van der Waals surface area contributed by atoms with Crippen LogP contribution in [0.1, 0.15) is 58.8 Å². The van der Waals surface area contributed by atoms with E-state index in [9.17, 15) is 0 Å². The molecule has 3 aliphatic rings. The van der Waals surface area contributed by atoms with Gasteiger partial charge in [0.2, 0.25) is 0 Å². The van der Waals surface area contributed by atoms with Gasteiger partial charge in [-0.05, 0) is 69.9 Å². The van der Waals surface area contributed by atoms with Crippen LogP contribution in [0.4, 0.5) is 0 Å². The molecule has 2 nitrogen and oxygen atoms in total. The fourth-order valence-corrected chi connectivity index (χ4v) is 3.90. The first-order valence-corrected chi connectivity index (χ1v) is 8.22. The van der Waals surface area contributed by atoms with Crippen LogP contribution < -0.4 is 5.32 Å². The van der Waals surface area contributed by atoms with Crippen molar-refractivity contribution in [3.8, 4) is 0 Å². The molecular weight excluding hydrogens is 220 g/mol. The van der Waals surface area contributed by atoms with E-state index in [1.54, 1.807) is 0 Å². The second-order valence-electron chi connectivity index (χ2n) is 7.17. The van der Waals surface area contributed by atoms with Gasteiger partial charge in [-0.3, -0.25) is 0 Å². The maximum atomic E-state index is 3.96. The molecule has 0 aromatic heterocycles. The summed E-state index contributed by atoms with van der Waals surface area (Å²) in [5, 5.41) is 3.96. The first-order valence-electron chi connectivity index (χ1n) is 8.22. The minimum Gasteiger partial charge on any atom is -0.311 e. The Morgan fingerprint density at radius 3 is 2.11 bits per heavy atom. The molecule has 1 aliphatic heterocycles. The average molecular weight is 250 g/mol. The molecule has 0 spiro atoms. The Kier molecular flexibility index (Phi) is 3.95. The highest BCUT2D eigenvalue weighted by molar-refractivity contribution is 4.90. The third-order valence-corrected chi connectivity index (χ3v) is 5.66. The van der Waals surface area contributed by atoms with E-state index in [0.29, 0.717) is 0 Å². The third-order valence-electron chi connectivity index (χ3n) is 5.66. The summed E-state index contributed by atoms with van der Waals surface area (Å²) < 4.78 is 0. The number of nitrogens with zero attached hydrogens (tertiary/aromatic N) is 1. The van der Waals surface area contributed by atoms with Crippen LogP contribution in [0.25, 0.3) is 0 Å². The molecule has 1 N–H and O–H groups in total. The molecule has 1 saturated heterocycles. The minimum atomic E-state index is 0.811. The van der Waals surface area contributed by atoms with Gasteiger partial charge in [0.15, 0.2) is 0 Å². The van der Waals surface area contributed by atoms with E-state index in [1.165, 1.54) is 58.0 Å². The van der Waals surface area contributed by atoms with Crippen molar-refractivity contribution in [3.05, 3.63) is 0 Å². The number of nitrogens with one attached hydrogen (secondary N) is 1. The van der Waals surface area contributed by atoms with Gasteiger partial charge in [0.05, 0.1) is 0 Å². The Balaban J connectivity index is 1.40. The summed E-state index contributed by atoms with van der Waals surface area (Å²) in [6.07, 6.45) is 9.96. The quantitative estimate of drug-likeness (QED) is 0.828. The van der Waals surface area contributed by atoms with Crippen molar-refractivity contribution in [2.45, 2.75) is 76.9 Å². The molecule has 18 heavy (non-hydrogen) atoms. The lowest BCUT2D eigenvalue weighted by atomic mass is 9.79. The van der Waals surface area contributed by atoms with E-state index in [-0.39, 0.29) is 0 Å². The van der Waals surface area contributed by atoms with Crippen molar-refractivity contribution in [3.63, 3.8) is 0 Å². The smallest absolute Gasteiger partial charge is 0.00964 e. The Morgan fingerprint density at radius 1 is 0.778 bits per heavy atom. The third kappa shape index (κ3) is 3.08. The summed E-state index contributed by atoms with van der Waals surface area (Å²) in [5.74, 6) is 1.86. The molecule has 0 radical (unpaired) electrons. The van der Waals surface area contributed by atoms with E-state index >= 15 is 0 Å². The predicted molar refractivity (Wildman–Crippen MR) is 76.7 cm³/mol. The first kappa shape index (κ1) is 12.9. The molecule has 0 amide bonds. The van der Waals surface area contributed by atoms with Gasteiger partial charge in [-0.2, -0.15) is 0 Å². The van der Waals surface area contributed by atoms with Crippen LogP contribution in [0.5, 0.6) is 0 Å². The highest BCUT2D eigenvalue weighted by Gasteiger charge is 2.33. The number of rotatable bonds is 3. The Hall–Kier alpha value is -0.0800. The second-order valence-corrected chi connectivity index (χ2v) is 7.17. The second kappa shape index (κ2) is 5.50. The summed E-state index contributed by atoms with van der Waals surface area (Å²) in [6, 6.07) is 2.60. The average Bonchev–Trinajstić information content (AvgIpc) is 3.19. The molecule has 2 heteroatoms. The summed E-state index contributed by atoms with van der Waals surface area (Å²) >= 11 is 0. The highest BCUT2D eigenvalue weighted by atomic mass is 15.2. The lowest BCUT2D eigenvalue weighted by Gasteiger charge is -2.38. The first-order chi connectivity index (χ1) is 8.72. The monoisotopic (exact) mass is 250 g/mol. The van der Waals surface area contributed by atoms with Gasteiger partial charge < -0.3 is 10.2 Å². The molecule has 3 rings (SSSR count). The SMILES string of the molecule is CC1CCC(NC2CCN(C3CC3)CC2)CC1C. The lowest BCUT2D eigenvalue weighted by molar-refractivity contribution is 0.160. The standard InChI is InChI=1S/C16H30N2/c1-12-3-4-15(11-13(12)2)17-14-7-9-18(10-8-14)16-5-6-16/h12-17H,3-11H2,1-2H3. The van der Waals surface area contributed by atoms with Crippen molar-refractivity contribution in [2.24, 2.45) is 11.8 Å². The van der Waals surface area contributed by atoms with Crippen LogP contribution in [0.15, 0.2) is 0 Å². The molecule has 104 valence electrons. The molecular formula is C16H30N2. The topological polar surface area (TPSA) is 15.3 Å². The fraction of sp³-hybridized carbons (Fsp3) is 1.00. The Bertz CT molecular complexity index is 266. The van der Waals surface area contributed by atoms with Gasteiger partial charge in [0, 0.05) is 18.1 Å². The van der Waals surface area contributed by atoms with Crippen molar-refractivity contribution in [1.29, 1.82) is 0 Å². The minimum absolute atomic E-state index is 0.811. The molecule has 0 aromatic rings. The number of hydrogen-bond acceptors (Lipinski definition) is 2. The molecule has 3 fully saturated rings. The maximum Gasteiger partial charge on any atom is 0.00964 e. The van der Waals surface area contributed by atoms with Crippen LogP contribution in [0.3, 0.4) is 0 Å². The number of likely N-dealkylation sites (tertiary alicyclic amines) is 1. The zero-order valence-electron chi connectivity index (χ0n) is 12.2. The van der Waals surface area contributed by atoms with E-state index in [4.69, 9.17) is 0 Å². The lowest BCUT2D eigenvalue weighted by Crippen LogP contribution is -2.48. The van der Waals surface area contributed by atoms with E-state index < -0.39 is 0 Å². The van der Waals surface area contributed by atoms with Gasteiger partial charge in [-0.1, -0.05) is 13.8 Å². The van der Waals surface area contributed by atoms with Crippen LogP contribution in [0, 0.1) is 11.8 Å². The van der Waals surface area contributed by atoms with E-state index in [0.717, 1.165) is 30.0 Å². The van der Waals surface area contributed by atoms with Crippen molar-refractivity contribution < 1.29 is 0 Å². The Labute approximate surface area is 113 Å². The molecule has 2 aliphatic carbocycles. The van der Waals surface area contributed by atoms with E-state index in [2.05, 4.69) is 24.1 Å². The zero-order chi connectivity index (χ0) is 12.5. The van der Waals surface area contributed by atoms with Gasteiger partial charge in [-0.25, -0.2) is 0 Å². The van der Waals surface area contributed by atoms with Crippen molar-refractivity contribution in [2.75, 3.05) is 13.1 Å². The van der Waals surface area contributed by atoms with Crippen LogP contribution in [-0.4, -0.2) is 36.1 Å². The number of piperidine rings is 1. The fourth-order valence-electron chi connectivity index (χ4n) is 3.90. The van der Waals surface area contributed by atoms with E-state index in [1.807, 2.05) is 0 Å². The zero-order valence-corrected chi connectivity index (χ0v) is 12.2. The number of hydrogen-bond donors (Lipinski definition) is 1. The van der Waals surface area contributed by atoms with Crippen molar-refractivity contribution in [1.82, 2.24) is 10.2 Å². The molecule has 0 aromatic carbocycles. The van der Waals surface area contributed by atoms with Crippen LogP contribution >= 0.6 is 0 Å². The maximum absolute atomic E-state index is 3.96. The van der Waals surface area contributed by atoms with Gasteiger partial charge in [-0.15, -0.1) is 0 Å². The normalized spacial score (nSPS) is 40.0. The van der Waals surface area contributed by atoms with Crippen LogP contribution in [0.2, 0.25) is 0 Å². The largest absolute Gasteiger partial charge is 0.311 e. The molecule has 3 atom stereocenters.